The molecule has 0 radical (unpaired) electrons. The standard InChI is InChI=1S/C9H10BF4O/c1-6(2)15-9-7(10(12,13)14)4-3-5-8(9)11/h3-6H,1-2H3/q-1. The average Bonchev–Trinajstić information content (AvgIpc) is 2.05. The van der Waals surface area contributed by atoms with E-state index in [4.69, 9.17) is 4.74 Å². The molecule has 0 atom stereocenters. The highest BCUT2D eigenvalue weighted by Crippen LogP contribution is 2.21. The highest BCUT2D eigenvalue weighted by Gasteiger charge is 2.30. The quantitative estimate of drug-likeness (QED) is 0.563. The van der Waals surface area contributed by atoms with Crippen LogP contribution in [-0.4, -0.2) is 13.1 Å². The lowest BCUT2D eigenvalue weighted by molar-refractivity contribution is 0.232. The van der Waals surface area contributed by atoms with Gasteiger partial charge in [-0.25, -0.2) is 4.39 Å². The maximum Gasteiger partial charge on any atom is 0.513 e. The number of hydrogen-bond acceptors (Lipinski definition) is 1. The van der Waals surface area contributed by atoms with E-state index in [1.165, 1.54) is 0 Å². The molecule has 0 amide bonds. The van der Waals surface area contributed by atoms with Gasteiger partial charge in [-0.05, 0) is 19.9 Å². The summed E-state index contributed by atoms with van der Waals surface area (Å²) in [5.41, 5.74) is -1.02. The van der Waals surface area contributed by atoms with Crippen molar-refractivity contribution in [2.45, 2.75) is 20.0 Å². The van der Waals surface area contributed by atoms with Crippen LogP contribution < -0.4 is 10.2 Å². The third-order valence-electron chi connectivity index (χ3n) is 1.70. The van der Waals surface area contributed by atoms with E-state index < -0.39 is 30.1 Å². The molecule has 0 saturated heterocycles. The summed E-state index contributed by atoms with van der Waals surface area (Å²) in [6.07, 6.45) is -0.501. The second kappa shape index (κ2) is 4.12. The highest BCUT2D eigenvalue weighted by molar-refractivity contribution is 6.74. The molecule has 84 valence electrons. The first-order valence-corrected chi connectivity index (χ1v) is 4.47. The lowest BCUT2D eigenvalue weighted by atomic mass is 9.79. The molecule has 0 heterocycles. The van der Waals surface area contributed by atoms with E-state index in [2.05, 4.69) is 0 Å². The van der Waals surface area contributed by atoms with E-state index in [9.17, 15) is 17.3 Å². The van der Waals surface area contributed by atoms with E-state index in [0.717, 1.165) is 18.2 Å². The SMILES string of the molecule is CC(C)Oc1c(F)cccc1[B-](F)(F)F. The lowest BCUT2D eigenvalue weighted by Gasteiger charge is -2.21. The average molecular weight is 221 g/mol. The van der Waals surface area contributed by atoms with Crippen molar-refractivity contribution < 1.29 is 22.1 Å². The van der Waals surface area contributed by atoms with Crippen LogP contribution in [0.2, 0.25) is 0 Å². The number of benzene rings is 1. The van der Waals surface area contributed by atoms with Gasteiger partial charge in [0.1, 0.15) is 5.75 Å². The molecule has 0 fully saturated rings. The normalized spacial score (nSPS) is 11.9. The van der Waals surface area contributed by atoms with Crippen molar-refractivity contribution in [1.29, 1.82) is 0 Å². The summed E-state index contributed by atoms with van der Waals surface area (Å²) in [6, 6.07) is 2.79. The van der Waals surface area contributed by atoms with Gasteiger partial charge in [-0.3, -0.25) is 0 Å². The number of rotatable bonds is 3. The smallest absolute Gasteiger partial charge is 0.491 e. The van der Waals surface area contributed by atoms with Gasteiger partial charge in [-0.1, -0.05) is 17.6 Å². The Balaban J connectivity index is 3.21. The minimum Gasteiger partial charge on any atom is -0.491 e. The molecule has 0 aromatic heterocycles. The fraction of sp³-hybridized carbons (Fsp3) is 0.333. The molecule has 0 bridgehead atoms. The third kappa shape index (κ3) is 2.87. The molecule has 0 spiro atoms. The van der Waals surface area contributed by atoms with Crippen molar-refractivity contribution in [3.05, 3.63) is 24.0 Å². The van der Waals surface area contributed by atoms with E-state index in [-0.39, 0.29) is 0 Å². The van der Waals surface area contributed by atoms with Gasteiger partial charge in [0.25, 0.3) is 0 Å². The van der Waals surface area contributed by atoms with Crippen LogP contribution in [0.15, 0.2) is 18.2 Å². The molecular weight excluding hydrogens is 211 g/mol. The molecule has 1 aromatic rings. The van der Waals surface area contributed by atoms with Crippen molar-refractivity contribution in [2.75, 3.05) is 0 Å². The van der Waals surface area contributed by atoms with Crippen molar-refractivity contribution in [3.8, 4) is 5.75 Å². The third-order valence-corrected chi connectivity index (χ3v) is 1.70. The fourth-order valence-electron chi connectivity index (χ4n) is 1.14. The van der Waals surface area contributed by atoms with E-state index >= 15 is 0 Å². The van der Waals surface area contributed by atoms with Gasteiger partial charge in [0.2, 0.25) is 0 Å². The fourth-order valence-corrected chi connectivity index (χ4v) is 1.14. The van der Waals surface area contributed by atoms with Crippen LogP contribution in [0.1, 0.15) is 13.8 Å². The summed E-state index contributed by atoms with van der Waals surface area (Å²) in [5.74, 6) is -1.69. The van der Waals surface area contributed by atoms with Gasteiger partial charge in [-0.2, -0.15) is 0 Å². The Bertz CT molecular complexity index is 348. The topological polar surface area (TPSA) is 9.23 Å². The Kier molecular flexibility index (Phi) is 3.26. The van der Waals surface area contributed by atoms with Crippen molar-refractivity contribution >= 4 is 12.4 Å². The second-order valence-corrected chi connectivity index (χ2v) is 3.40. The van der Waals surface area contributed by atoms with Gasteiger partial charge in [0, 0.05) is 0 Å². The molecule has 0 saturated carbocycles. The minimum absolute atomic E-state index is 0.501. The van der Waals surface area contributed by atoms with Crippen molar-refractivity contribution in [2.24, 2.45) is 0 Å². The zero-order valence-electron chi connectivity index (χ0n) is 8.31. The van der Waals surface area contributed by atoms with Crippen molar-refractivity contribution in [1.82, 2.24) is 0 Å². The van der Waals surface area contributed by atoms with Gasteiger partial charge < -0.3 is 17.7 Å². The molecule has 0 aliphatic heterocycles. The van der Waals surface area contributed by atoms with Gasteiger partial charge >= 0.3 is 6.98 Å². The molecular formula is C9H10BF4O-. The summed E-state index contributed by atoms with van der Waals surface area (Å²) >= 11 is 0. The van der Waals surface area contributed by atoms with E-state index in [1.54, 1.807) is 13.8 Å². The maximum atomic E-state index is 13.1. The van der Waals surface area contributed by atoms with Gasteiger partial charge in [-0.15, -0.1) is 0 Å². The molecule has 1 nitrogen and oxygen atoms in total. The largest absolute Gasteiger partial charge is 0.513 e. The lowest BCUT2D eigenvalue weighted by Crippen LogP contribution is -2.36. The summed E-state index contributed by atoms with van der Waals surface area (Å²) < 4.78 is 55.4. The van der Waals surface area contributed by atoms with E-state index in [0.29, 0.717) is 0 Å². The second-order valence-electron chi connectivity index (χ2n) is 3.40. The first-order chi connectivity index (χ1) is 6.82. The summed E-state index contributed by atoms with van der Waals surface area (Å²) in [6.45, 7) is -2.17. The molecule has 0 N–H and O–H groups in total. The van der Waals surface area contributed by atoms with Crippen molar-refractivity contribution in [3.63, 3.8) is 0 Å². The van der Waals surface area contributed by atoms with Crippen LogP contribution in [0.3, 0.4) is 0 Å². The molecule has 15 heavy (non-hydrogen) atoms. The Morgan fingerprint density at radius 3 is 2.27 bits per heavy atom. The Hall–Kier alpha value is -1.20. The van der Waals surface area contributed by atoms with Crippen LogP contribution in [0.25, 0.3) is 0 Å². The van der Waals surface area contributed by atoms with E-state index in [1.807, 2.05) is 0 Å². The minimum atomic E-state index is -5.25. The molecule has 1 rings (SSSR count). The number of para-hydroxylation sites is 1. The van der Waals surface area contributed by atoms with Crippen LogP contribution in [0, 0.1) is 5.82 Å². The zero-order valence-corrected chi connectivity index (χ0v) is 8.31. The van der Waals surface area contributed by atoms with Crippen LogP contribution in [0.5, 0.6) is 5.75 Å². The Morgan fingerprint density at radius 2 is 1.80 bits per heavy atom. The summed E-state index contributed by atoms with van der Waals surface area (Å²) in [5, 5.41) is 0. The summed E-state index contributed by atoms with van der Waals surface area (Å²) in [4.78, 5) is 0. The highest BCUT2D eigenvalue weighted by atomic mass is 19.4. The predicted octanol–water partition coefficient (Wildman–Crippen LogP) is 2.67. The van der Waals surface area contributed by atoms with Gasteiger partial charge in [0.05, 0.1) is 6.10 Å². The Morgan fingerprint density at radius 1 is 1.20 bits per heavy atom. The number of ether oxygens (including phenoxy) is 1. The number of halogens is 4. The van der Waals surface area contributed by atoms with Crippen LogP contribution >= 0.6 is 0 Å². The molecule has 0 unspecified atom stereocenters. The maximum absolute atomic E-state index is 13.1. The van der Waals surface area contributed by atoms with Crippen LogP contribution in [-0.2, 0) is 0 Å². The summed E-state index contributed by atoms with van der Waals surface area (Å²) in [7, 11) is 0. The first kappa shape index (κ1) is 11.9. The Labute approximate surface area is 85.1 Å². The predicted molar refractivity (Wildman–Crippen MR) is 50.9 cm³/mol. The molecule has 6 heteroatoms. The molecule has 0 aliphatic carbocycles. The zero-order chi connectivity index (χ0) is 11.6. The monoisotopic (exact) mass is 221 g/mol. The number of hydrogen-bond donors (Lipinski definition) is 0. The van der Waals surface area contributed by atoms with Gasteiger partial charge in [0.15, 0.2) is 5.82 Å². The first-order valence-electron chi connectivity index (χ1n) is 4.47. The molecule has 1 aromatic carbocycles. The van der Waals surface area contributed by atoms with Crippen LogP contribution in [0.4, 0.5) is 17.3 Å². The molecule has 0 aliphatic rings.